The van der Waals surface area contributed by atoms with Crippen molar-refractivity contribution in [2.24, 2.45) is 0 Å². The normalized spacial score (nSPS) is 24.1. The molecule has 2 aliphatic rings. The number of nitrogens with zero attached hydrogens (tertiary/aromatic N) is 1. The number of carbonyl (C=O) groups excluding carboxylic acids is 1. The second-order valence-corrected chi connectivity index (χ2v) is 7.46. The lowest BCUT2D eigenvalue weighted by molar-refractivity contribution is -0.117. The van der Waals surface area contributed by atoms with Crippen LogP contribution in [0.1, 0.15) is 54.2 Å². The molecule has 0 amide bonds. The molecular weight excluding hydrogens is 310 g/mol. The van der Waals surface area contributed by atoms with E-state index in [2.05, 4.69) is 41.3 Å². The van der Waals surface area contributed by atoms with E-state index in [4.69, 9.17) is 0 Å². The molecule has 130 valence electrons. The van der Waals surface area contributed by atoms with E-state index < -0.39 is 0 Å². The van der Waals surface area contributed by atoms with Gasteiger partial charge in [-0.05, 0) is 48.4 Å². The van der Waals surface area contributed by atoms with E-state index in [0.29, 0.717) is 30.3 Å². The number of rotatable bonds is 4. The molecular formula is C22H25NO2. The average Bonchev–Trinajstić information content (AvgIpc) is 3.25. The van der Waals surface area contributed by atoms with Gasteiger partial charge in [0.15, 0.2) is 0 Å². The van der Waals surface area contributed by atoms with Crippen LogP contribution in [0.2, 0.25) is 0 Å². The van der Waals surface area contributed by atoms with E-state index in [1.165, 1.54) is 11.1 Å². The summed E-state index contributed by atoms with van der Waals surface area (Å²) in [4.78, 5) is 14.2. The zero-order valence-electron chi connectivity index (χ0n) is 14.5. The Morgan fingerprint density at radius 2 is 1.84 bits per heavy atom. The van der Waals surface area contributed by atoms with Crippen LogP contribution in [0.5, 0.6) is 5.75 Å². The Labute approximate surface area is 149 Å². The van der Waals surface area contributed by atoms with E-state index in [9.17, 15) is 9.90 Å². The second-order valence-electron chi connectivity index (χ2n) is 7.46. The third kappa shape index (κ3) is 3.47. The number of carbonyl (C=O) groups is 1. The van der Waals surface area contributed by atoms with E-state index in [-0.39, 0.29) is 5.92 Å². The van der Waals surface area contributed by atoms with Gasteiger partial charge in [-0.25, -0.2) is 0 Å². The lowest BCUT2D eigenvalue weighted by Crippen LogP contribution is -2.20. The van der Waals surface area contributed by atoms with Crippen LogP contribution >= 0.6 is 0 Å². The van der Waals surface area contributed by atoms with Crippen LogP contribution < -0.4 is 0 Å². The van der Waals surface area contributed by atoms with E-state index in [0.717, 1.165) is 38.0 Å². The number of phenolic OH excluding ortho intramolecular Hbond substituents is 1. The fourth-order valence-electron chi connectivity index (χ4n) is 4.50. The average molecular weight is 335 g/mol. The molecule has 25 heavy (non-hydrogen) atoms. The minimum atomic E-state index is 0.201. The number of benzene rings is 2. The van der Waals surface area contributed by atoms with Crippen molar-refractivity contribution in [3.63, 3.8) is 0 Å². The summed E-state index contributed by atoms with van der Waals surface area (Å²) in [5.41, 5.74) is 3.65. The van der Waals surface area contributed by atoms with Gasteiger partial charge in [-0.2, -0.15) is 0 Å². The van der Waals surface area contributed by atoms with Gasteiger partial charge in [0.2, 0.25) is 0 Å². The van der Waals surface area contributed by atoms with Crippen LogP contribution in [0.4, 0.5) is 0 Å². The van der Waals surface area contributed by atoms with E-state index >= 15 is 0 Å². The quantitative estimate of drug-likeness (QED) is 0.909. The number of ketones is 1. The third-order valence-electron chi connectivity index (χ3n) is 5.73. The van der Waals surface area contributed by atoms with Gasteiger partial charge in [-0.1, -0.05) is 42.5 Å². The Hall–Kier alpha value is -2.13. The van der Waals surface area contributed by atoms with Crippen molar-refractivity contribution in [3.05, 3.63) is 65.2 Å². The van der Waals surface area contributed by atoms with Crippen molar-refractivity contribution in [2.45, 2.75) is 44.1 Å². The highest BCUT2D eigenvalue weighted by molar-refractivity contribution is 5.82. The third-order valence-corrected chi connectivity index (χ3v) is 5.73. The van der Waals surface area contributed by atoms with Gasteiger partial charge in [0.1, 0.15) is 11.5 Å². The van der Waals surface area contributed by atoms with Gasteiger partial charge in [-0.15, -0.1) is 0 Å². The zero-order valence-corrected chi connectivity index (χ0v) is 14.5. The monoisotopic (exact) mass is 335 g/mol. The molecule has 2 atom stereocenters. The number of Topliss-reactive ketones (excluding diaryl/α,β-unsaturated/α-hetero) is 1. The predicted octanol–water partition coefficient (Wildman–Crippen LogP) is 4.22. The molecule has 0 bridgehead atoms. The molecule has 1 saturated heterocycles. The Morgan fingerprint density at radius 1 is 1.00 bits per heavy atom. The Bertz CT molecular complexity index is 756. The molecule has 0 aromatic heterocycles. The summed E-state index contributed by atoms with van der Waals surface area (Å²) >= 11 is 0. The zero-order chi connectivity index (χ0) is 17.2. The summed E-state index contributed by atoms with van der Waals surface area (Å²) in [6.45, 7) is 3.08. The van der Waals surface area contributed by atoms with E-state index in [1.807, 2.05) is 6.07 Å². The topological polar surface area (TPSA) is 40.5 Å². The SMILES string of the molecule is O=C1CCC(c2c(O)cccc2[C@@H]2CCN(Cc3ccccc3)C2)C1. The fourth-order valence-corrected chi connectivity index (χ4v) is 4.50. The maximum atomic E-state index is 11.7. The molecule has 1 heterocycles. The molecule has 1 aliphatic carbocycles. The van der Waals surface area contributed by atoms with Crippen molar-refractivity contribution in [1.29, 1.82) is 0 Å². The Balaban J connectivity index is 1.53. The van der Waals surface area contributed by atoms with Gasteiger partial charge in [0.05, 0.1) is 0 Å². The number of hydrogen-bond donors (Lipinski definition) is 1. The van der Waals surface area contributed by atoms with Crippen molar-refractivity contribution in [1.82, 2.24) is 4.90 Å². The smallest absolute Gasteiger partial charge is 0.133 e. The molecule has 0 radical (unpaired) electrons. The minimum Gasteiger partial charge on any atom is -0.508 e. The molecule has 4 rings (SSSR count). The van der Waals surface area contributed by atoms with Crippen molar-refractivity contribution >= 4 is 5.78 Å². The molecule has 1 saturated carbocycles. The van der Waals surface area contributed by atoms with Crippen LogP contribution in [-0.4, -0.2) is 28.9 Å². The molecule has 1 unspecified atom stereocenters. The predicted molar refractivity (Wildman–Crippen MR) is 98.8 cm³/mol. The Morgan fingerprint density at radius 3 is 2.60 bits per heavy atom. The van der Waals surface area contributed by atoms with E-state index in [1.54, 1.807) is 6.07 Å². The summed E-state index contributed by atoms with van der Waals surface area (Å²) in [5.74, 6) is 1.35. The second kappa shape index (κ2) is 7.01. The summed E-state index contributed by atoms with van der Waals surface area (Å²) in [5, 5.41) is 10.5. The van der Waals surface area contributed by atoms with Crippen molar-refractivity contribution in [2.75, 3.05) is 13.1 Å². The molecule has 1 aliphatic heterocycles. The van der Waals surface area contributed by atoms with Gasteiger partial charge in [0, 0.05) is 31.5 Å². The van der Waals surface area contributed by atoms with Gasteiger partial charge in [0.25, 0.3) is 0 Å². The molecule has 1 N–H and O–H groups in total. The highest BCUT2D eigenvalue weighted by Gasteiger charge is 2.32. The summed E-state index contributed by atoms with van der Waals surface area (Å²) < 4.78 is 0. The largest absolute Gasteiger partial charge is 0.508 e. The van der Waals surface area contributed by atoms with Crippen molar-refractivity contribution in [3.8, 4) is 5.75 Å². The van der Waals surface area contributed by atoms with Crippen LogP contribution in [0.25, 0.3) is 0 Å². The molecule has 2 aromatic carbocycles. The lowest BCUT2D eigenvalue weighted by atomic mass is 9.85. The first-order chi connectivity index (χ1) is 12.2. The molecule has 3 heteroatoms. The van der Waals surface area contributed by atoms with Gasteiger partial charge < -0.3 is 5.11 Å². The van der Waals surface area contributed by atoms with Gasteiger partial charge in [-0.3, -0.25) is 9.69 Å². The number of aromatic hydroxyl groups is 1. The summed E-state index contributed by atoms with van der Waals surface area (Å²) in [6, 6.07) is 16.5. The summed E-state index contributed by atoms with van der Waals surface area (Å²) in [6.07, 6.45) is 3.24. The highest BCUT2D eigenvalue weighted by Crippen LogP contribution is 2.43. The fraction of sp³-hybridized carbons (Fsp3) is 0.409. The van der Waals surface area contributed by atoms with Crippen LogP contribution in [0.15, 0.2) is 48.5 Å². The summed E-state index contributed by atoms with van der Waals surface area (Å²) in [7, 11) is 0. The maximum Gasteiger partial charge on any atom is 0.133 e. The maximum absolute atomic E-state index is 11.7. The Kier molecular flexibility index (Phi) is 4.58. The molecule has 2 aromatic rings. The number of phenols is 1. The molecule has 0 spiro atoms. The minimum absolute atomic E-state index is 0.201. The van der Waals surface area contributed by atoms with Crippen LogP contribution in [0, 0.1) is 0 Å². The first kappa shape index (κ1) is 16.3. The first-order valence-electron chi connectivity index (χ1n) is 9.30. The van der Waals surface area contributed by atoms with Crippen LogP contribution in [0.3, 0.4) is 0 Å². The molecule has 2 fully saturated rings. The first-order valence-corrected chi connectivity index (χ1v) is 9.30. The number of hydrogen-bond acceptors (Lipinski definition) is 3. The van der Waals surface area contributed by atoms with Crippen LogP contribution in [-0.2, 0) is 11.3 Å². The lowest BCUT2D eigenvalue weighted by Gasteiger charge is -2.21. The van der Waals surface area contributed by atoms with Gasteiger partial charge >= 0.3 is 0 Å². The van der Waals surface area contributed by atoms with Crippen molar-refractivity contribution < 1.29 is 9.90 Å². The number of likely N-dealkylation sites (tertiary alicyclic amines) is 1. The highest BCUT2D eigenvalue weighted by atomic mass is 16.3. The molecule has 3 nitrogen and oxygen atoms in total. The standard InChI is InChI=1S/C22H25NO2/c24-19-10-9-17(13-19)22-20(7-4-8-21(22)25)18-11-12-23(15-18)14-16-5-2-1-3-6-16/h1-8,17-18,25H,9-15H2/t17?,18-/m1/s1.